The number of hydrogen-bond donors (Lipinski definition) is 1. The lowest BCUT2D eigenvalue weighted by atomic mass is 10.0. The number of carbonyl (C=O) groups excluding carboxylic acids is 1. The summed E-state index contributed by atoms with van der Waals surface area (Å²) in [5.41, 5.74) is 6.12. The maximum atomic E-state index is 13.4. The normalized spacial score (nSPS) is 16.1. The zero-order valence-corrected chi connectivity index (χ0v) is 28.5. The molecular formula is C37H39ClN8O3. The smallest absolute Gasteiger partial charge is 0.337 e. The second-order valence-corrected chi connectivity index (χ2v) is 12.9. The van der Waals surface area contributed by atoms with Gasteiger partial charge in [0.05, 0.1) is 19.2 Å². The molecule has 5 aromatic rings. The van der Waals surface area contributed by atoms with Crippen molar-refractivity contribution < 1.29 is 9.53 Å². The quantitative estimate of drug-likeness (QED) is 0.138. The lowest BCUT2D eigenvalue weighted by Crippen LogP contribution is -2.46. The molecule has 0 bridgehead atoms. The van der Waals surface area contributed by atoms with Crippen LogP contribution in [0.2, 0.25) is 5.02 Å². The van der Waals surface area contributed by atoms with Crippen molar-refractivity contribution in [3.05, 3.63) is 111 Å². The van der Waals surface area contributed by atoms with Gasteiger partial charge in [-0.25, -0.2) is 24.1 Å². The highest BCUT2D eigenvalue weighted by Crippen LogP contribution is 2.34. The van der Waals surface area contributed by atoms with Crippen LogP contribution in [0.3, 0.4) is 0 Å². The highest BCUT2D eigenvalue weighted by atomic mass is 35.5. The number of aromatic nitrogens is 5. The molecular weight excluding hydrogens is 640 g/mol. The predicted molar refractivity (Wildman–Crippen MR) is 192 cm³/mol. The van der Waals surface area contributed by atoms with Crippen LogP contribution in [0.5, 0.6) is 0 Å². The van der Waals surface area contributed by atoms with Crippen LogP contribution in [0.15, 0.2) is 78.2 Å². The first-order valence-corrected chi connectivity index (χ1v) is 17.1. The lowest BCUT2D eigenvalue weighted by Gasteiger charge is -2.36. The average Bonchev–Trinajstić information content (AvgIpc) is 3.66. The molecule has 252 valence electrons. The molecule has 12 heteroatoms. The summed E-state index contributed by atoms with van der Waals surface area (Å²) in [7, 11) is 1.36. The van der Waals surface area contributed by atoms with E-state index in [2.05, 4.69) is 51.8 Å². The number of rotatable bonds is 10. The van der Waals surface area contributed by atoms with E-state index in [0.29, 0.717) is 52.4 Å². The van der Waals surface area contributed by atoms with Gasteiger partial charge in [-0.15, -0.1) is 6.58 Å². The Morgan fingerprint density at radius 3 is 2.59 bits per heavy atom. The zero-order valence-electron chi connectivity index (χ0n) is 27.7. The van der Waals surface area contributed by atoms with Gasteiger partial charge in [0.2, 0.25) is 5.95 Å². The fourth-order valence-electron chi connectivity index (χ4n) is 6.86. The summed E-state index contributed by atoms with van der Waals surface area (Å²) in [5.74, 6) is 1.09. The number of halogens is 1. The topological polar surface area (TPSA) is 110 Å². The number of esters is 1. The van der Waals surface area contributed by atoms with E-state index in [1.807, 2.05) is 24.3 Å². The second kappa shape index (κ2) is 13.9. The summed E-state index contributed by atoms with van der Waals surface area (Å²) in [5, 5.41) is 4.32. The minimum Gasteiger partial charge on any atom is -0.465 e. The number of allylic oxidation sites excluding steroid dienone is 1. The molecule has 11 nitrogen and oxygen atoms in total. The SMILES string of the molecule is C=CCn1c(=O)c2cnc(Nc3ccc(N4CCN(Cc5ccc(C(=O)OC)cc5Cl)CC4)cc3)nc2n1-c1ccc2c(n1)[C@@H](CC)CC2. The van der Waals surface area contributed by atoms with Crippen LogP contribution in [-0.2, 0) is 24.2 Å². The summed E-state index contributed by atoms with van der Waals surface area (Å²) in [6.07, 6.45) is 6.45. The summed E-state index contributed by atoms with van der Waals surface area (Å²) >= 11 is 6.48. The fourth-order valence-corrected chi connectivity index (χ4v) is 7.10. The molecule has 1 N–H and O–H groups in total. The van der Waals surface area contributed by atoms with Crippen molar-refractivity contribution >= 4 is 45.9 Å². The van der Waals surface area contributed by atoms with Crippen molar-refractivity contribution in [2.75, 3.05) is 43.5 Å². The molecule has 0 spiro atoms. The lowest BCUT2D eigenvalue weighted by molar-refractivity contribution is 0.0600. The van der Waals surface area contributed by atoms with Gasteiger partial charge in [0.25, 0.3) is 5.56 Å². The van der Waals surface area contributed by atoms with Crippen molar-refractivity contribution in [1.29, 1.82) is 0 Å². The molecule has 3 aromatic heterocycles. The Kier molecular flexibility index (Phi) is 9.20. The van der Waals surface area contributed by atoms with Crippen LogP contribution in [0, 0.1) is 0 Å². The number of nitrogens with zero attached hydrogens (tertiary/aromatic N) is 7. The van der Waals surface area contributed by atoms with E-state index >= 15 is 0 Å². The van der Waals surface area contributed by atoms with E-state index in [0.717, 1.165) is 68.1 Å². The van der Waals surface area contributed by atoms with Crippen molar-refractivity contribution in [3.63, 3.8) is 0 Å². The molecule has 1 fully saturated rings. The molecule has 4 heterocycles. The molecule has 1 aliphatic heterocycles. The first kappa shape index (κ1) is 32.5. The summed E-state index contributed by atoms with van der Waals surface area (Å²) in [6.45, 7) is 10.6. The molecule has 1 atom stereocenters. The second-order valence-electron chi connectivity index (χ2n) is 12.5. The first-order valence-electron chi connectivity index (χ1n) is 16.7. The van der Waals surface area contributed by atoms with Gasteiger partial charge >= 0.3 is 5.97 Å². The van der Waals surface area contributed by atoms with Crippen molar-refractivity contribution in [2.45, 2.75) is 45.2 Å². The minimum absolute atomic E-state index is 0.181. The number of piperazine rings is 1. The zero-order chi connectivity index (χ0) is 34.1. The van der Waals surface area contributed by atoms with Gasteiger partial charge < -0.3 is 15.0 Å². The number of ether oxygens (including phenoxy) is 1. The number of anilines is 3. The van der Waals surface area contributed by atoms with E-state index in [4.69, 9.17) is 26.3 Å². The van der Waals surface area contributed by atoms with Gasteiger partial charge in [-0.05, 0) is 72.9 Å². The number of methoxy groups -OCH3 is 1. The number of benzene rings is 2. The highest BCUT2D eigenvalue weighted by Gasteiger charge is 2.25. The molecule has 2 aromatic carbocycles. The van der Waals surface area contributed by atoms with Gasteiger partial charge in [-0.3, -0.25) is 9.69 Å². The summed E-state index contributed by atoms with van der Waals surface area (Å²) < 4.78 is 8.21. The molecule has 0 amide bonds. The number of carbonyl (C=O) groups is 1. The van der Waals surface area contributed by atoms with E-state index in [-0.39, 0.29) is 5.56 Å². The highest BCUT2D eigenvalue weighted by molar-refractivity contribution is 6.31. The average molecular weight is 679 g/mol. The first-order chi connectivity index (χ1) is 23.9. The number of fused-ring (bicyclic) bond motifs is 2. The van der Waals surface area contributed by atoms with E-state index in [1.54, 1.807) is 33.8 Å². The molecule has 1 saturated heterocycles. The largest absolute Gasteiger partial charge is 0.465 e. The Morgan fingerprint density at radius 2 is 1.88 bits per heavy atom. The Bertz CT molecular complexity index is 2080. The van der Waals surface area contributed by atoms with Gasteiger partial charge in [0, 0.05) is 66.9 Å². The Balaban J connectivity index is 1.05. The Labute approximate surface area is 289 Å². The van der Waals surface area contributed by atoms with Crippen molar-refractivity contribution in [3.8, 4) is 5.82 Å². The third-order valence-electron chi connectivity index (χ3n) is 9.56. The van der Waals surface area contributed by atoms with E-state index < -0.39 is 5.97 Å². The molecule has 0 radical (unpaired) electrons. The molecule has 0 unspecified atom stereocenters. The third-order valence-corrected chi connectivity index (χ3v) is 9.91. The van der Waals surface area contributed by atoms with Crippen LogP contribution >= 0.6 is 11.6 Å². The van der Waals surface area contributed by atoms with Gasteiger partial charge in [-0.2, -0.15) is 4.98 Å². The van der Waals surface area contributed by atoms with Crippen LogP contribution < -0.4 is 15.8 Å². The van der Waals surface area contributed by atoms with Crippen LogP contribution in [0.25, 0.3) is 16.9 Å². The van der Waals surface area contributed by atoms with E-state index in [1.165, 1.54) is 12.7 Å². The number of aryl methyl sites for hydroxylation is 1. The number of pyridine rings is 1. The van der Waals surface area contributed by atoms with E-state index in [9.17, 15) is 9.59 Å². The van der Waals surface area contributed by atoms with Crippen molar-refractivity contribution in [1.82, 2.24) is 29.2 Å². The third kappa shape index (κ3) is 6.43. The van der Waals surface area contributed by atoms with Crippen LogP contribution in [0.1, 0.15) is 52.9 Å². The predicted octanol–water partition coefficient (Wildman–Crippen LogP) is 6.11. The summed E-state index contributed by atoms with van der Waals surface area (Å²) in [6, 6.07) is 17.6. The molecule has 1 aliphatic carbocycles. The monoisotopic (exact) mass is 678 g/mol. The maximum absolute atomic E-state index is 13.4. The van der Waals surface area contributed by atoms with Crippen LogP contribution in [-0.4, -0.2) is 68.5 Å². The standard InChI is InChI=1S/C37H39ClN8O3/c1-4-16-45-35(47)30-22-39-37(42-34(30)46(45)32-15-10-25-7-6-24(5-2)33(25)41-32)40-28-11-13-29(14-12-28)44-19-17-43(18-20-44)23-27-9-8-26(21-31(27)38)36(48)49-3/h4,8-15,21-22,24H,1,5-7,16-20,23H2,2-3H3,(H,39,40,42)/t24-/m0/s1. The van der Waals surface area contributed by atoms with Gasteiger partial charge in [0.1, 0.15) is 5.39 Å². The molecule has 0 saturated carbocycles. The Hall–Kier alpha value is -5.00. The van der Waals surface area contributed by atoms with Crippen LogP contribution in [0.4, 0.5) is 17.3 Å². The molecule has 7 rings (SSSR count). The molecule has 49 heavy (non-hydrogen) atoms. The van der Waals surface area contributed by atoms with Crippen molar-refractivity contribution in [2.24, 2.45) is 0 Å². The Morgan fingerprint density at radius 1 is 1.08 bits per heavy atom. The fraction of sp³-hybridized carbons (Fsp3) is 0.324. The van der Waals surface area contributed by atoms with Gasteiger partial charge in [0.15, 0.2) is 11.5 Å². The summed E-state index contributed by atoms with van der Waals surface area (Å²) in [4.78, 5) is 44.3. The maximum Gasteiger partial charge on any atom is 0.337 e. The number of nitrogens with one attached hydrogen (secondary N) is 1. The number of hydrogen-bond acceptors (Lipinski definition) is 9. The van der Waals surface area contributed by atoms with Gasteiger partial charge in [-0.1, -0.05) is 36.7 Å². The minimum atomic E-state index is -0.394. The molecule has 2 aliphatic rings.